The first-order valence-electron chi connectivity index (χ1n) is 4.35. The summed E-state index contributed by atoms with van der Waals surface area (Å²) in [4.78, 5) is 0. The third kappa shape index (κ3) is 1.10. The summed E-state index contributed by atoms with van der Waals surface area (Å²) in [6, 6.07) is 0.843. The van der Waals surface area contributed by atoms with Crippen LogP contribution in [0.4, 0.5) is 0 Å². The van der Waals surface area contributed by atoms with Crippen LogP contribution in [0.1, 0.15) is 25.7 Å². The standard InChI is InChI=1S/C9H15N/c1-2-5-8(4-1)9-6-3-7-10-9/h1-2,8-10H,3-7H2. The second-order valence-corrected chi connectivity index (χ2v) is 3.41. The van der Waals surface area contributed by atoms with Gasteiger partial charge in [-0.25, -0.2) is 0 Å². The summed E-state index contributed by atoms with van der Waals surface area (Å²) in [5.74, 6) is 0.933. The van der Waals surface area contributed by atoms with Crippen LogP contribution >= 0.6 is 0 Å². The van der Waals surface area contributed by atoms with E-state index >= 15 is 0 Å². The Kier molecular flexibility index (Phi) is 1.76. The van der Waals surface area contributed by atoms with Crippen LogP contribution in [0.5, 0.6) is 0 Å². The van der Waals surface area contributed by atoms with Crippen molar-refractivity contribution in [1.82, 2.24) is 5.32 Å². The highest BCUT2D eigenvalue weighted by atomic mass is 14.9. The number of hydrogen-bond acceptors (Lipinski definition) is 1. The highest BCUT2D eigenvalue weighted by Gasteiger charge is 2.24. The second-order valence-electron chi connectivity index (χ2n) is 3.41. The van der Waals surface area contributed by atoms with Gasteiger partial charge in [0.05, 0.1) is 0 Å². The Bertz CT molecular complexity index is 126. The Balaban J connectivity index is 1.87. The maximum atomic E-state index is 3.56. The average molecular weight is 137 g/mol. The minimum atomic E-state index is 0.843. The van der Waals surface area contributed by atoms with Crippen LogP contribution in [0.15, 0.2) is 12.2 Å². The minimum Gasteiger partial charge on any atom is -0.314 e. The van der Waals surface area contributed by atoms with E-state index in [1.807, 2.05) is 0 Å². The van der Waals surface area contributed by atoms with Crippen LogP contribution in [-0.4, -0.2) is 12.6 Å². The number of hydrogen-bond donors (Lipinski definition) is 1. The monoisotopic (exact) mass is 137 g/mol. The van der Waals surface area contributed by atoms with Crippen molar-refractivity contribution in [2.24, 2.45) is 5.92 Å². The summed E-state index contributed by atoms with van der Waals surface area (Å²) < 4.78 is 0. The molecule has 2 aliphatic rings. The van der Waals surface area contributed by atoms with E-state index < -0.39 is 0 Å². The van der Waals surface area contributed by atoms with E-state index in [0.29, 0.717) is 0 Å². The van der Waals surface area contributed by atoms with Gasteiger partial charge in [0.1, 0.15) is 0 Å². The Morgan fingerprint density at radius 2 is 2.00 bits per heavy atom. The zero-order valence-corrected chi connectivity index (χ0v) is 6.34. The summed E-state index contributed by atoms with van der Waals surface area (Å²) in [5.41, 5.74) is 0. The molecule has 0 aromatic carbocycles. The molecule has 10 heavy (non-hydrogen) atoms. The molecule has 1 saturated heterocycles. The van der Waals surface area contributed by atoms with Crippen LogP contribution in [0, 0.1) is 5.92 Å². The maximum absolute atomic E-state index is 3.56. The smallest absolute Gasteiger partial charge is 0.0102 e. The van der Waals surface area contributed by atoms with Gasteiger partial charge in [-0.05, 0) is 38.1 Å². The summed E-state index contributed by atoms with van der Waals surface area (Å²) >= 11 is 0. The molecule has 0 aromatic rings. The first-order valence-corrected chi connectivity index (χ1v) is 4.35. The molecule has 0 amide bonds. The molecule has 0 saturated carbocycles. The third-order valence-electron chi connectivity index (χ3n) is 2.71. The lowest BCUT2D eigenvalue weighted by Gasteiger charge is -2.17. The highest BCUT2D eigenvalue weighted by molar-refractivity contribution is 4.99. The molecule has 1 nitrogen and oxygen atoms in total. The van der Waals surface area contributed by atoms with Gasteiger partial charge in [-0.1, -0.05) is 12.2 Å². The molecule has 1 unspecified atom stereocenters. The zero-order chi connectivity index (χ0) is 6.81. The second kappa shape index (κ2) is 2.75. The van der Waals surface area contributed by atoms with Crippen molar-refractivity contribution in [3.8, 4) is 0 Å². The van der Waals surface area contributed by atoms with Crippen molar-refractivity contribution in [3.05, 3.63) is 12.2 Å². The van der Waals surface area contributed by atoms with Crippen molar-refractivity contribution < 1.29 is 0 Å². The van der Waals surface area contributed by atoms with Crippen molar-refractivity contribution in [2.45, 2.75) is 31.7 Å². The van der Waals surface area contributed by atoms with Crippen LogP contribution in [0.2, 0.25) is 0 Å². The number of rotatable bonds is 1. The molecule has 0 radical (unpaired) electrons. The summed E-state index contributed by atoms with van der Waals surface area (Å²) in [7, 11) is 0. The zero-order valence-electron chi connectivity index (χ0n) is 6.34. The average Bonchev–Trinajstić information content (AvgIpc) is 2.59. The number of allylic oxidation sites excluding steroid dienone is 2. The van der Waals surface area contributed by atoms with Crippen LogP contribution in [0.25, 0.3) is 0 Å². The normalized spacial score (nSPS) is 33.8. The molecule has 0 aromatic heterocycles. The van der Waals surface area contributed by atoms with Gasteiger partial charge in [0.2, 0.25) is 0 Å². The van der Waals surface area contributed by atoms with Gasteiger partial charge < -0.3 is 5.32 Å². The lowest BCUT2D eigenvalue weighted by atomic mass is 9.96. The lowest BCUT2D eigenvalue weighted by Crippen LogP contribution is -2.28. The van der Waals surface area contributed by atoms with Crippen molar-refractivity contribution >= 4 is 0 Å². The van der Waals surface area contributed by atoms with E-state index in [2.05, 4.69) is 17.5 Å². The Hall–Kier alpha value is -0.300. The third-order valence-corrected chi connectivity index (χ3v) is 2.71. The van der Waals surface area contributed by atoms with E-state index in [9.17, 15) is 0 Å². The lowest BCUT2D eigenvalue weighted by molar-refractivity contribution is 0.410. The molecule has 1 atom stereocenters. The van der Waals surface area contributed by atoms with Gasteiger partial charge in [-0.2, -0.15) is 0 Å². The van der Waals surface area contributed by atoms with E-state index in [1.54, 1.807) is 0 Å². The fraction of sp³-hybridized carbons (Fsp3) is 0.778. The van der Waals surface area contributed by atoms with Crippen LogP contribution in [0.3, 0.4) is 0 Å². The minimum absolute atomic E-state index is 0.843. The first-order chi connectivity index (χ1) is 4.97. The quantitative estimate of drug-likeness (QED) is 0.542. The molecule has 1 aliphatic carbocycles. The Morgan fingerprint density at radius 1 is 1.20 bits per heavy atom. The summed E-state index contributed by atoms with van der Waals surface area (Å²) in [6.45, 7) is 1.25. The van der Waals surface area contributed by atoms with Gasteiger partial charge in [-0.3, -0.25) is 0 Å². The molecule has 56 valence electrons. The summed E-state index contributed by atoms with van der Waals surface area (Å²) in [6.07, 6.45) is 10.1. The van der Waals surface area contributed by atoms with E-state index in [1.165, 1.54) is 32.2 Å². The molecule has 0 bridgehead atoms. The van der Waals surface area contributed by atoms with Gasteiger partial charge >= 0.3 is 0 Å². The van der Waals surface area contributed by atoms with Gasteiger partial charge in [0, 0.05) is 6.04 Å². The fourth-order valence-corrected chi connectivity index (χ4v) is 2.08. The van der Waals surface area contributed by atoms with E-state index in [-0.39, 0.29) is 0 Å². The molecule has 1 heteroatoms. The van der Waals surface area contributed by atoms with Gasteiger partial charge in [-0.15, -0.1) is 0 Å². The van der Waals surface area contributed by atoms with Gasteiger partial charge in [0.15, 0.2) is 0 Å². The predicted octanol–water partition coefficient (Wildman–Crippen LogP) is 1.70. The van der Waals surface area contributed by atoms with Crippen molar-refractivity contribution in [1.29, 1.82) is 0 Å². The van der Waals surface area contributed by atoms with E-state index in [0.717, 1.165) is 12.0 Å². The molecular weight excluding hydrogens is 122 g/mol. The first kappa shape index (κ1) is 6.41. The molecule has 1 fully saturated rings. The van der Waals surface area contributed by atoms with E-state index in [4.69, 9.17) is 0 Å². The summed E-state index contributed by atoms with van der Waals surface area (Å²) in [5, 5.41) is 3.56. The largest absolute Gasteiger partial charge is 0.314 e. The van der Waals surface area contributed by atoms with Crippen LogP contribution in [-0.2, 0) is 0 Å². The molecule has 1 N–H and O–H groups in total. The SMILES string of the molecule is C1=CCC(C2CCCN2)C1. The van der Waals surface area contributed by atoms with Crippen molar-refractivity contribution in [3.63, 3.8) is 0 Å². The molecule has 1 heterocycles. The molecular formula is C9H15N. The Labute approximate surface area is 62.5 Å². The Morgan fingerprint density at radius 3 is 2.60 bits per heavy atom. The fourth-order valence-electron chi connectivity index (χ4n) is 2.08. The molecule has 0 spiro atoms. The maximum Gasteiger partial charge on any atom is 0.0102 e. The topological polar surface area (TPSA) is 12.0 Å². The molecule has 2 rings (SSSR count). The van der Waals surface area contributed by atoms with Crippen LogP contribution < -0.4 is 5.32 Å². The van der Waals surface area contributed by atoms with Gasteiger partial charge in [0.25, 0.3) is 0 Å². The highest BCUT2D eigenvalue weighted by Crippen LogP contribution is 2.26. The molecule has 1 aliphatic heterocycles. The predicted molar refractivity (Wildman–Crippen MR) is 42.9 cm³/mol. The van der Waals surface area contributed by atoms with Crippen molar-refractivity contribution in [2.75, 3.05) is 6.54 Å². The number of nitrogens with one attached hydrogen (secondary N) is 1.